The molecule has 1 aliphatic carbocycles. The fourth-order valence-electron chi connectivity index (χ4n) is 12.2. The van der Waals surface area contributed by atoms with Crippen LogP contribution in [-0.4, -0.2) is 57.6 Å². The maximum absolute atomic E-state index is 7.36. The molecule has 3 aliphatic heterocycles. The van der Waals surface area contributed by atoms with E-state index < -0.39 is 0 Å². The van der Waals surface area contributed by atoms with E-state index in [0.717, 1.165) is 111 Å². The summed E-state index contributed by atoms with van der Waals surface area (Å²) in [4.78, 5) is 0. The Balaban J connectivity index is 1.46. The van der Waals surface area contributed by atoms with Crippen LogP contribution in [0.1, 0.15) is 194 Å². The van der Waals surface area contributed by atoms with Crippen LogP contribution in [0, 0.1) is 10.8 Å². The second-order valence-corrected chi connectivity index (χ2v) is 25.1. The maximum atomic E-state index is 7.36. The Morgan fingerprint density at radius 2 is 0.741 bits per heavy atom. The van der Waals surface area contributed by atoms with Crippen LogP contribution >= 0.6 is 0 Å². The molecule has 0 spiro atoms. The Hall–Kier alpha value is -2.22. The molecule has 2 aromatic rings. The molecule has 4 fully saturated rings. The number of ether oxygens (including phenoxy) is 4. The van der Waals surface area contributed by atoms with Crippen LogP contribution in [0.4, 0.5) is 0 Å². The Morgan fingerprint density at radius 1 is 0.397 bits per heavy atom. The third-order valence-electron chi connectivity index (χ3n) is 13.5. The summed E-state index contributed by atoms with van der Waals surface area (Å²) in [6, 6.07) is 8.85. The minimum Gasteiger partial charge on any atom is -0.490 e. The average Bonchev–Trinajstić information content (AvgIpc) is 3.30. The molecule has 1 saturated carbocycles. The molecule has 0 aromatic heterocycles. The van der Waals surface area contributed by atoms with Gasteiger partial charge in [-0.1, -0.05) is 27.7 Å². The summed E-state index contributed by atoms with van der Waals surface area (Å²) in [5.74, 6) is 3.45. The van der Waals surface area contributed by atoms with E-state index in [0.29, 0.717) is 0 Å². The molecule has 3 N–H and O–H groups in total. The highest BCUT2D eigenvalue weighted by Gasteiger charge is 2.40. The third kappa shape index (κ3) is 12.4. The lowest BCUT2D eigenvalue weighted by atomic mass is 9.74. The van der Waals surface area contributed by atoms with Crippen molar-refractivity contribution in [3.8, 4) is 23.0 Å². The topological polar surface area (TPSA) is 73.0 Å². The lowest BCUT2D eigenvalue weighted by Gasteiger charge is -2.35. The standard InChI is InChI=1S/C51H85N3O4/c1-44(2)21-17-35(29-45(3,4)33-44)57-41-27-39(55-36-18-22-46(5,6)52-49(11,12)30-36)25-34-26-40(56-37-19-23-47(7,8)53-50(13,14)31-37)28-42(43(34)41)58-38-20-24-48(9,10)54-51(15,16)32-38/h25-28,35-38,52-54H,17-24,29-33H2,1-16H3. The zero-order chi connectivity index (χ0) is 42.7. The molecule has 3 saturated heterocycles. The lowest BCUT2D eigenvalue weighted by molar-refractivity contribution is 0.133. The van der Waals surface area contributed by atoms with Gasteiger partial charge >= 0.3 is 0 Å². The molecule has 58 heavy (non-hydrogen) atoms. The molecule has 2 aromatic carbocycles. The van der Waals surface area contributed by atoms with Crippen LogP contribution in [0.2, 0.25) is 0 Å². The molecule has 7 heteroatoms. The minimum absolute atomic E-state index is 0.0284. The first kappa shape index (κ1) is 45.3. The fraction of sp³-hybridized carbons (Fsp3) is 0.804. The first-order chi connectivity index (χ1) is 26.5. The molecule has 4 aliphatic rings. The van der Waals surface area contributed by atoms with Gasteiger partial charge in [0.1, 0.15) is 41.3 Å². The molecule has 7 nitrogen and oxygen atoms in total. The summed E-state index contributed by atoms with van der Waals surface area (Å²) in [6.45, 7) is 37.5. The first-order valence-corrected chi connectivity index (χ1v) is 23.1. The van der Waals surface area contributed by atoms with Gasteiger partial charge in [0.15, 0.2) is 0 Å². The van der Waals surface area contributed by atoms with Gasteiger partial charge in [-0.15, -0.1) is 0 Å². The van der Waals surface area contributed by atoms with Crippen molar-refractivity contribution in [2.24, 2.45) is 10.8 Å². The molecule has 4 atom stereocenters. The summed E-state index contributed by atoms with van der Waals surface area (Å²) in [5.41, 5.74) is 0.392. The van der Waals surface area contributed by atoms with Gasteiger partial charge in [0.05, 0.1) is 11.5 Å². The van der Waals surface area contributed by atoms with Crippen molar-refractivity contribution >= 4 is 10.8 Å². The Labute approximate surface area is 354 Å². The number of rotatable bonds is 8. The van der Waals surface area contributed by atoms with E-state index in [9.17, 15) is 0 Å². The SMILES string of the molecule is CC1(C)CCC(Oc2cc(OC3CCC(C)(C)NC(C)(C)C3)cc3cc(OC4CCC(C)(C)NC(C)(C)C4)cc(OC4CCC(C)(C)NC(C)(C)C4)c23)CC(C)(C)C1. The van der Waals surface area contributed by atoms with Crippen molar-refractivity contribution in [3.63, 3.8) is 0 Å². The van der Waals surface area contributed by atoms with Gasteiger partial charge in [-0.25, -0.2) is 0 Å². The summed E-state index contributed by atoms with van der Waals surface area (Å²) in [7, 11) is 0. The van der Waals surface area contributed by atoms with Crippen LogP contribution in [-0.2, 0) is 0 Å². The highest BCUT2D eigenvalue weighted by atomic mass is 16.5. The second-order valence-electron chi connectivity index (χ2n) is 25.1. The van der Waals surface area contributed by atoms with Crippen molar-refractivity contribution in [3.05, 3.63) is 24.3 Å². The van der Waals surface area contributed by atoms with Crippen molar-refractivity contribution in [2.75, 3.05) is 0 Å². The van der Waals surface area contributed by atoms with Crippen molar-refractivity contribution in [1.29, 1.82) is 0 Å². The highest BCUT2D eigenvalue weighted by Crippen LogP contribution is 2.48. The number of nitrogens with one attached hydrogen (secondary N) is 3. The zero-order valence-corrected chi connectivity index (χ0v) is 39.9. The van der Waals surface area contributed by atoms with Crippen molar-refractivity contribution in [2.45, 2.75) is 252 Å². The van der Waals surface area contributed by atoms with Crippen molar-refractivity contribution in [1.82, 2.24) is 16.0 Å². The van der Waals surface area contributed by atoms with Crippen LogP contribution in [0.15, 0.2) is 24.3 Å². The minimum atomic E-state index is -0.0741. The molecular formula is C51H85N3O4. The van der Waals surface area contributed by atoms with Gasteiger partial charge in [-0.3, -0.25) is 0 Å². The van der Waals surface area contributed by atoms with E-state index in [1.54, 1.807) is 0 Å². The monoisotopic (exact) mass is 804 g/mol. The Morgan fingerprint density at radius 3 is 1.14 bits per heavy atom. The molecule has 4 unspecified atom stereocenters. The van der Waals surface area contributed by atoms with E-state index in [1.807, 2.05) is 0 Å². The summed E-state index contributed by atoms with van der Waals surface area (Å²) in [5, 5.41) is 13.8. The number of hydrogen-bond acceptors (Lipinski definition) is 7. The molecule has 0 bridgehead atoms. The molecule has 0 radical (unpaired) electrons. The predicted molar refractivity (Wildman–Crippen MR) is 243 cm³/mol. The van der Waals surface area contributed by atoms with Crippen LogP contribution in [0.3, 0.4) is 0 Å². The number of fused-ring (bicyclic) bond motifs is 1. The van der Waals surface area contributed by atoms with Gasteiger partial charge in [0.25, 0.3) is 0 Å². The number of hydrogen-bond donors (Lipinski definition) is 3. The van der Waals surface area contributed by atoms with Gasteiger partial charge in [0.2, 0.25) is 0 Å². The third-order valence-corrected chi connectivity index (χ3v) is 13.5. The largest absolute Gasteiger partial charge is 0.490 e. The first-order valence-electron chi connectivity index (χ1n) is 23.1. The predicted octanol–water partition coefficient (Wildman–Crippen LogP) is 12.4. The highest BCUT2D eigenvalue weighted by molar-refractivity contribution is 5.96. The van der Waals surface area contributed by atoms with Crippen LogP contribution < -0.4 is 34.9 Å². The number of benzene rings is 2. The second kappa shape index (κ2) is 15.9. The van der Waals surface area contributed by atoms with E-state index >= 15 is 0 Å². The van der Waals surface area contributed by atoms with E-state index in [1.165, 1.54) is 6.42 Å². The van der Waals surface area contributed by atoms with Crippen LogP contribution in [0.25, 0.3) is 10.8 Å². The summed E-state index contributed by atoms with van der Waals surface area (Å²) < 4.78 is 28.9. The van der Waals surface area contributed by atoms with Gasteiger partial charge in [-0.2, -0.15) is 0 Å². The molecule has 0 amide bonds. The van der Waals surface area contributed by atoms with Gasteiger partial charge < -0.3 is 34.9 Å². The van der Waals surface area contributed by atoms with E-state index in [-0.39, 0.29) is 68.5 Å². The average molecular weight is 804 g/mol. The van der Waals surface area contributed by atoms with Gasteiger partial charge in [-0.05, 0) is 176 Å². The van der Waals surface area contributed by atoms with Gasteiger partial charge in [0, 0.05) is 64.6 Å². The fourth-order valence-corrected chi connectivity index (χ4v) is 12.2. The summed E-state index contributed by atoms with van der Waals surface area (Å²) in [6.07, 6.45) is 13.5. The molecule has 328 valence electrons. The maximum Gasteiger partial charge on any atom is 0.134 e. The molecule has 3 heterocycles. The molecular weight excluding hydrogens is 719 g/mol. The normalized spacial score (nSPS) is 31.1. The Kier molecular flexibility index (Phi) is 12.4. The molecule has 6 rings (SSSR count). The smallest absolute Gasteiger partial charge is 0.134 e. The van der Waals surface area contributed by atoms with Crippen LogP contribution in [0.5, 0.6) is 23.0 Å². The zero-order valence-electron chi connectivity index (χ0n) is 39.9. The summed E-state index contributed by atoms with van der Waals surface area (Å²) >= 11 is 0. The Bertz CT molecular complexity index is 1630. The lowest BCUT2D eigenvalue weighted by Crippen LogP contribution is -2.51. The van der Waals surface area contributed by atoms with Crippen molar-refractivity contribution < 1.29 is 18.9 Å². The quantitative estimate of drug-likeness (QED) is 0.230. The van der Waals surface area contributed by atoms with E-state index in [4.69, 9.17) is 18.9 Å². The van der Waals surface area contributed by atoms with E-state index in [2.05, 4.69) is 151 Å².